The summed E-state index contributed by atoms with van der Waals surface area (Å²) in [4.78, 5) is 0. The maximum Gasteiger partial charge on any atom is 0.192 e. The number of hydrogen-bond acceptors (Lipinski definition) is 1. The second-order valence-electron chi connectivity index (χ2n) is 6.83. The summed E-state index contributed by atoms with van der Waals surface area (Å²) < 4.78 is 6.54. The molecule has 0 amide bonds. The molecule has 0 aliphatic rings. The van der Waals surface area contributed by atoms with Gasteiger partial charge in [0.15, 0.2) is 8.32 Å². The highest BCUT2D eigenvalue weighted by molar-refractivity contribution is 6.73. The first kappa shape index (κ1) is 21.9. The van der Waals surface area contributed by atoms with Crippen molar-refractivity contribution in [2.24, 2.45) is 0 Å². The van der Waals surface area contributed by atoms with Crippen LogP contribution < -0.4 is 0 Å². The van der Waals surface area contributed by atoms with E-state index in [4.69, 9.17) is 4.43 Å². The molecule has 0 fully saturated rings. The Morgan fingerprint density at radius 2 is 1.18 bits per heavy atom. The molecule has 0 aromatic heterocycles. The zero-order valence-corrected chi connectivity index (χ0v) is 16.8. The van der Waals surface area contributed by atoms with E-state index in [-0.39, 0.29) is 0 Å². The molecule has 0 aliphatic carbocycles. The van der Waals surface area contributed by atoms with Crippen LogP contribution in [-0.4, -0.2) is 14.9 Å². The Balaban J connectivity index is 3.72. The Bertz CT molecular complexity index is 223. The van der Waals surface area contributed by atoms with E-state index < -0.39 is 8.32 Å². The quantitative estimate of drug-likeness (QED) is 0.153. The minimum atomic E-state index is -1.40. The predicted molar refractivity (Wildman–Crippen MR) is 104 cm³/mol. The van der Waals surface area contributed by atoms with Gasteiger partial charge in [0.2, 0.25) is 0 Å². The summed E-state index contributed by atoms with van der Waals surface area (Å²) >= 11 is 0. The van der Waals surface area contributed by atoms with Gasteiger partial charge in [0.05, 0.1) is 0 Å². The van der Waals surface area contributed by atoms with Crippen molar-refractivity contribution in [1.82, 2.24) is 0 Å². The zero-order valence-electron chi connectivity index (χ0n) is 15.8. The minimum Gasteiger partial charge on any atom is -0.417 e. The Hall–Kier alpha value is -0.0831. The largest absolute Gasteiger partial charge is 0.417 e. The van der Waals surface area contributed by atoms with Gasteiger partial charge < -0.3 is 4.43 Å². The van der Waals surface area contributed by atoms with Crippen LogP contribution in [0.5, 0.6) is 0 Å². The second-order valence-corrected chi connectivity index (χ2v) is 11.0. The smallest absolute Gasteiger partial charge is 0.192 e. The maximum atomic E-state index is 6.54. The number of allylic oxidation sites excluding steroid dienone is 1. The highest BCUT2D eigenvalue weighted by Crippen LogP contribution is 2.27. The fraction of sp³-hybridized carbons (Fsp3) is 0.900. The Morgan fingerprint density at radius 3 is 1.64 bits per heavy atom. The van der Waals surface area contributed by atoms with Crippen LogP contribution >= 0.6 is 0 Å². The van der Waals surface area contributed by atoms with E-state index >= 15 is 0 Å². The van der Waals surface area contributed by atoms with Crippen LogP contribution in [0.15, 0.2) is 12.7 Å². The molecule has 0 N–H and O–H groups in total. The van der Waals surface area contributed by atoms with Crippen LogP contribution in [0.2, 0.25) is 18.1 Å². The van der Waals surface area contributed by atoms with Crippen molar-refractivity contribution in [2.75, 3.05) is 6.61 Å². The van der Waals surface area contributed by atoms with E-state index in [1.54, 1.807) is 0 Å². The third kappa shape index (κ3) is 11.5. The van der Waals surface area contributed by atoms with Crippen molar-refractivity contribution in [1.29, 1.82) is 0 Å². The maximum absolute atomic E-state index is 6.54. The first-order valence-electron chi connectivity index (χ1n) is 9.99. The predicted octanol–water partition coefficient (Wildman–Crippen LogP) is 7.49. The number of unbranched alkanes of at least 4 members (excludes halogenated alkanes) is 7. The summed E-state index contributed by atoms with van der Waals surface area (Å²) in [5.74, 6) is 0. The average Bonchev–Trinajstić information content (AvgIpc) is 2.50. The normalized spacial score (nSPS) is 11.8. The standard InChI is InChI=1S/C20H42OSi/c1-5-9-10-11-12-13-14-15-16-17-21-22(18-6-2,19-7-3)20-8-4/h5H,1,6-20H2,2-4H3. The van der Waals surface area contributed by atoms with Crippen molar-refractivity contribution in [3.63, 3.8) is 0 Å². The molecular weight excluding hydrogens is 284 g/mol. The van der Waals surface area contributed by atoms with Gasteiger partial charge >= 0.3 is 0 Å². The minimum absolute atomic E-state index is 1.03. The Morgan fingerprint density at radius 1 is 0.727 bits per heavy atom. The van der Waals surface area contributed by atoms with E-state index in [1.165, 1.54) is 88.8 Å². The summed E-state index contributed by atoms with van der Waals surface area (Å²) in [6.45, 7) is 11.8. The van der Waals surface area contributed by atoms with Gasteiger partial charge in [-0.1, -0.05) is 78.2 Å². The molecule has 132 valence electrons. The lowest BCUT2D eigenvalue weighted by atomic mass is 10.1. The molecule has 0 bridgehead atoms. The van der Waals surface area contributed by atoms with Crippen molar-refractivity contribution in [2.45, 2.75) is 110 Å². The average molecular weight is 327 g/mol. The molecule has 2 heteroatoms. The van der Waals surface area contributed by atoms with Crippen LogP contribution in [0.3, 0.4) is 0 Å². The molecule has 0 rings (SSSR count). The second kappa shape index (κ2) is 15.8. The van der Waals surface area contributed by atoms with Gasteiger partial charge in [-0.05, 0) is 37.4 Å². The molecule has 0 radical (unpaired) electrons. The van der Waals surface area contributed by atoms with Gasteiger partial charge in [0, 0.05) is 6.61 Å². The van der Waals surface area contributed by atoms with Crippen LogP contribution in [0.1, 0.15) is 91.4 Å². The summed E-state index contributed by atoms with van der Waals surface area (Å²) in [7, 11) is -1.40. The van der Waals surface area contributed by atoms with Crippen molar-refractivity contribution in [3.05, 3.63) is 12.7 Å². The van der Waals surface area contributed by atoms with Gasteiger partial charge in [-0.2, -0.15) is 0 Å². The Labute approximate surface area is 142 Å². The van der Waals surface area contributed by atoms with Crippen LogP contribution in [0.25, 0.3) is 0 Å². The summed E-state index contributed by atoms with van der Waals surface area (Å²) in [5.41, 5.74) is 0. The van der Waals surface area contributed by atoms with Gasteiger partial charge in [-0.3, -0.25) is 0 Å². The number of rotatable bonds is 17. The molecule has 0 aromatic carbocycles. The van der Waals surface area contributed by atoms with Gasteiger partial charge in [-0.25, -0.2) is 0 Å². The molecule has 0 aliphatic heterocycles. The zero-order chi connectivity index (χ0) is 16.5. The van der Waals surface area contributed by atoms with E-state index in [9.17, 15) is 0 Å². The lowest BCUT2D eigenvalue weighted by molar-refractivity contribution is 0.283. The van der Waals surface area contributed by atoms with Crippen molar-refractivity contribution < 1.29 is 4.43 Å². The molecule has 0 unspecified atom stereocenters. The van der Waals surface area contributed by atoms with Crippen LogP contribution in [-0.2, 0) is 4.43 Å². The topological polar surface area (TPSA) is 9.23 Å². The fourth-order valence-electron chi connectivity index (χ4n) is 3.52. The van der Waals surface area contributed by atoms with E-state index in [0.717, 1.165) is 6.61 Å². The first-order chi connectivity index (χ1) is 10.7. The third-order valence-electron chi connectivity index (χ3n) is 4.58. The Kier molecular flexibility index (Phi) is 15.7. The van der Waals surface area contributed by atoms with Crippen molar-refractivity contribution in [3.8, 4) is 0 Å². The molecule has 22 heavy (non-hydrogen) atoms. The highest BCUT2D eigenvalue weighted by Gasteiger charge is 2.31. The monoisotopic (exact) mass is 326 g/mol. The van der Waals surface area contributed by atoms with E-state index in [1.807, 2.05) is 6.08 Å². The van der Waals surface area contributed by atoms with Crippen LogP contribution in [0.4, 0.5) is 0 Å². The molecule has 0 atom stereocenters. The SMILES string of the molecule is C=CCCCCCCCCCO[Si](CCC)(CCC)CCC. The summed E-state index contributed by atoms with van der Waals surface area (Å²) in [6.07, 6.45) is 16.7. The fourth-order valence-corrected chi connectivity index (χ4v) is 8.02. The van der Waals surface area contributed by atoms with E-state index in [0.29, 0.717) is 0 Å². The highest BCUT2D eigenvalue weighted by atomic mass is 28.4. The van der Waals surface area contributed by atoms with Gasteiger partial charge in [0.1, 0.15) is 0 Å². The molecular formula is C20H42OSi. The molecule has 0 spiro atoms. The van der Waals surface area contributed by atoms with Crippen molar-refractivity contribution >= 4 is 8.32 Å². The first-order valence-corrected chi connectivity index (χ1v) is 12.5. The summed E-state index contributed by atoms with van der Waals surface area (Å²) in [5, 5.41) is 0. The van der Waals surface area contributed by atoms with Gasteiger partial charge in [-0.15, -0.1) is 6.58 Å². The number of hydrogen-bond donors (Lipinski definition) is 0. The van der Waals surface area contributed by atoms with Gasteiger partial charge in [0.25, 0.3) is 0 Å². The van der Waals surface area contributed by atoms with E-state index in [2.05, 4.69) is 27.4 Å². The lowest BCUT2D eigenvalue weighted by Crippen LogP contribution is -2.38. The molecule has 0 saturated carbocycles. The van der Waals surface area contributed by atoms with Crippen LogP contribution in [0, 0.1) is 0 Å². The molecule has 0 aromatic rings. The third-order valence-corrected chi connectivity index (χ3v) is 9.63. The molecule has 0 saturated heterocycles. The lowest BCUT2D eigenvalue weighted by Gasteiger charge is -2.31. The molecule has 1 nitrogen and oxygen atoms in total. The summed E-state index contributed by atoms with van der Waals surface area (Å²) in [6, 6.07) is 4.12. The molecule has 0 heterocycles.